The number of nitrogens with zero attached hydrogens (tertiary/aromatic N) is 1. The van der Waals surface area contributed by atoms with Gasteiger partial charge in [0.15, 0.2) is 0 Å². The summed E-state index contributed by atoms with van der Waals surface area (Å²) < 4.78 is 27.2. The van der Waals surface area contributed by atoms with Crippen LogP contribution in [0.2, 0.25) is 0 Å². The van der Waals surface area contributed by atoms with Crippen LogP contribution in [-0.2, 0) is 16.6 Å². The second-order valence-corrected chi connectivity index (χ2v) is 11.0. The third-order valence-corrected chi connectivity index (χ3v) is 8.24. The van der Waals surface area contributed by atoms with Gasteiger partial charge >= 0.3 is 0 Å². The highest BCUT2D eigenvalue weighted by Crippen LogP contribution is 2.31. The van der Waals surface area contributed by atoms with Gasteiger partial charge in [0.1, 0.15) is 0 Å². The zero-order chi connectivity index (χ0) is 23.9. The summed E-state index contributed by atoms with van der Waals surface area (Å²) in [6, 6.07) is 10.9. The predicted octanol–water partition coefficient (Wildman–Crippen LogP) is 2.99. The van der Waals surface area contributed by atoms with E-state index in [0.29, 0.717) is 11.1 Å². The number of rotatable bonds is 7. The van der Waals surface area contributed by atoms with Gasteiger partial charge in [0.25, 0.3) is 17.7 Å². The van der Waals surface area contributed by atoms with Crippen molar-refractivity contribution in [3.05, 3.63) is 64.7 Å². The molecule has 2 aromatic carbocycles. The van der Waals surface area contributed by atoms with Crippen molar-refractivity contribution in [1.82, 2.24) is 14.9 Å². The van der Waals surface area contributed by atoms with Crippen molar-refractivity contribution >= 4 is 27.7 Å². The third kappa shape index (κ3) is 4.50. The molecule has 5 rings (SSSR count). The standard InChI is InChI=1S/C25H27N3O5S/c29-23(26-15-16-6-11-20(12-7-16)34(32,33)27-18-9-10-18)17-8-13-21-22(14-17)25(31)28(24(21)30)19-4-2-1-3-5-19/h6-8,11-14,18-19,27H,1-5,9-10,15H2,(H,26,29). The molecule has 0 unspecified atom stereocenters. The van der Waals surface area contributed by atoms with Gasteiger partial charge in [-0.1, -0.05) is 31.4 Å². The highest BCUT2D eigenvalue weighted by atomic mass is 32.2. The van der Waals surface area contributed by atoms with Crippen LogP contribution in [-0.4, -0.2) is 43.1 Å². The number of sulfonamides is 1. The fourth-order valence-corrected chi connectivity index (χ4v) is 5.94. The molecule has 0 atom stereocenters. The Morgan fingerprint density at radius 1 is 0.882 bits per heavy atom. The van der Waals surface area contributed by atoms with Crippen LogP contribution in [0.25, 0.3) is 0 Å². The largest absolute Gasteiger partial charge is 0.348 e. The van der Waals surface area contributed by atoms with E-state index in [9.17, 15) is 22.8 Å². The van der Waals surface area contributed by atoms with Crippen LogP contribution in [0.3, 0.4) is 0 Å². The average Bonchev–Trinajstić information content (AvgIpc) is 3.62. The van der Waals surface area contributed by atoms with E-state index in [2.05, 4.69) is 10.0 Å². The Balaban J connectivity index is 1.24. The van der Waals surface area contributed by atoms with Crippen LogP contribution in [0.4, 0.5) is 0 Å². The highest BCUT2D eigenvalue weighted by Gasteiger charge is 2.40. The highest BCUT2D eigenvalue weighted by molar-refractivity contribution is 7.89. The summed E-state index contributed by atoms with van der Waals surface area (Å²) in [5.41, 5.74) is 1.68. The number of hydrogen-bond acceptors (Lipinski definition) is 5. The fraction of sp³-hybridized carbons (Fsp3) is 0.400. The molecule has 0 spiro atoms. The second-order valence-electron chi connectivity index (χ2n) is 9.25. The molecule has 178 valence electrons. The van der Waals surface area contributed by atoms with Gasteiger partial charge in [-0.2, -0.15) is 0 Å². The van der Waals surface area contributed by atoms with Gasteiger partial charge in [-0.15, -0.1) is 0 Å². The van der Waals surface area contributed by atoms with E-state index in [1.54, 1.807) is 24.3 Å². The van der Waals surface area contributed by atoms with Crippen LogP contribution >= 0.6 is 0 Å². The molecule has 3 amide bonds. The van der Waals surface area contributed by atoms with E-state index in [0.717, 1.165) is 50.5 Å². The van der Waals surface area contributed by atoms with Gasteiger partial charge in [0.2, 0.25) is 10.0 Å². The minimum absolute atomic E-state index is 0.0354. The summed E-state index contributed by atoms with van der Waals surface area (Å²) in [5.74, 6) is -0.963. The van der Waals surface area contributed by atoms with Crippen molar-refractivity contribution in [3.63, 3.8) is 0 Å². The molecule has 1 heterocycles. The minimum atomic E-state index is -3.52. The van der Waals surface area contributed by atoms with Gasteiger partial charge in [-0.3, -0.25) is 19.3 Å². The van der Waals surface area contributed by atoms with Gasteiger partial charge in [-0.05, 0) is 61.6 Å². The Labute approximate surface area is 198 Å². The molecule has 2 fully saturated rings. The summed E-state index contributed by atoms with van der Waals surface area (Å²) in [7, 11) is -3.52. The van der Waals surface area contributed by atoms with Crippen LogP contribution in [0.5, 0.6) is 0 Å². The van der Waals surface area contributed by atoms with Crippen molar-refractivity contribution in [3.8, 4) is 0 Å². The zero-order valence-corrected chi connectivity index (χ0v) is 19.6. The van der Waals surface area contributed by atoms with Crippen molar-refractivity contribution < 1.29 is 22.8 Å². The molecular formula is C25H27N3O5S. The van der Waals surface area contributed by atoms with E-state index in [1.165, 1.54) is 23.1 Å². The summed E-state index contributed by atoms with van der Waals surface area (Å²) in [4.78, 5) is 40.1. The Kier molecular flexibility index (Phi) is 5.99. The second kappa shape index (κ2) is 8.96. The quantitative estimate of drug-likeness (QED) is 0.591. The van der Waals surface area contributed by atoms with Crippen LogP contribution in [0.1, 0.15) is 81.6 Å². The monoisotopic (exact) mass is 481 g/mol. The first-order valence-corrected chi connectivity index (χ1v) is 13.2. The first kappa shape index (κ1) is 22.7. The zero-order valence-electron chi connectivity index (χ0n) is 18.7. The number of nitrogens with one attached hydrogen (secondary N) is 2. The maximum atomic E-state index is 13.0. The molecule has 0 aromatic heterocycles. The summed E-state index contributed by atoms with van der Waals surface area (Å²) in [6.07, 6.45) is 6.53. The van der Waals surface area contributed by atoms with Gasteiger partial charge in [0.05, 0.1) is 16.0 Å². The Hall–Kier alpha value is -3.04. The van der Waals surface area contributed by atoms with E-state index >= 15 is 0 Å². The molecule has 8 nitrogen and oxygen atoms in total. The van der Waals surface area contributed by atoms with E-state index in [4.69, 9.17) is 0 Å². The number of carbonyl (C=O) groups is 3. The lowest BCUT2D eigenvalue weighted by molar-refractivity contribution is 0.0548. The molecule has 0 saturated heterocycles. The number of fused-ring (bicyclic) bond motifs is 1. The molecule has 3 aliphatic rings. The summed E-state index contributed by atoms with van der Waals surface area (Å²) >= 11 is 0. The number of carbonyl (C=O) groups excluding carboxylic acids is 3. The average molecular weight is 482 g/mol. The molecule has 1 aliphatic heterocycles. The van der Waals surface area contributed by atoms with Gasteiger partial charge in [0, 0.05) is 24.2 Å². The third-order valence-electron chi connectivity index (χ3n) is 6.71. The predicted molar refractivity (Wildman–Crippen MR) is 125 cm³/mol. The summed E-state index contributed by atoms with van der Waals surface area (Å²) in [6.45, 7) is 0.202. The molecule has 2 aromatic rings. The molecule has 9 heteroatoms. The molecule has 0 bridgehead atoms. The summed E-state index contributed by atoms with van der Waals surface area (Å²) in [5, 5.41) is 2.79. The molecule has 2 N–H and O–H groups in total. The molecule has 34 heavy (non-hydrogen) atoms. The molecule has 0 radical (unpaired) electrons. The Morgan fingerprint density at radius 3 is 2.24 bits per heavy atom. The van der Waals surface area contributed by atoms with E-state index in [1.807, 2.05) is 0 Å². The van der Waals surface area contributed by atoms with Crippen molar-refractivity contribution in [2.75, 3.05) is 0 Å². The van der Waals surface area contributed by atoms with E-state index in [-0.39, 0.29) is 46.8 Å². The maximum Gasteiger partial charge on any atom is 0.261 e. The van der Waals surface area contributed by atoms with Gasteiger partial charge in [-0.25, -0.2) is 13.1 Å². The first-order chi connectivity index (χ1) is 16.3. The minimum Gasteiger partial charge on any atom is -0.348 e. The number of imide groups is 1. The topological polar surface area (TPSA) is 113 Å². The lowest BCUT2D eigenvalue weighted by Crippen LogP contribution is -2.40. The number of hydrogen-bond donors (Lipinski definition) is 2. The van der Waals surface area contributed by atoms with Crippen LogP contribution < -0.4 is 10.0 Å². The van der Waals surface area contributed by atoms with Gasteiger partial charge < -0.3 is 5.32 Å². The molecular weight excluding hydrogens is 454 g/mol. The van der Waals surface area contributed by atoms with E-state index < -0.39 is 10.0 Å². The Bertz CT molecular complexity index is 1250. The van der Waals surface area contributed by atoms with Crippen molar-refractivity contribution in [2.24, 2.45) is 0 Å². The maximum absolute atomic E-state index is 13.0. The van der Waals surface area contributed by atoms with Crippen molar-refractivity contribution in [1.29, 1.82) is 0 Å². The molecule has 2 aliphatic carbocycles. The SMILES string of the molecule is O=C(NCc1ccc(S(=O)(=O)NC2CC2)cc1)c1ccc2c(c1)C(=O)N(C1CCCCC1)C2=O. The van der Waals surface area contributed by atoms with Crippen molar-refractivity contribution in [2.45, 2.75) is 68.5 Å². The number of amides is 3. The number of benzene rings is 2. The lowest BCUT2D eigenvalue weighted by Gasteiger charge is -2.29. The molecule has 2 saturated carbocycles. The Morgan fingerprint density at radius 2 is 1.56 bits per heavy atom. The fourth-order valence-electron chi connectivity index (χ4n) is 4.63. The van der Waals surface area contributed by atoms with Crippen LogP contribution in [0, 0.1) is 0 Å². The first-order valence-electron chi connectivity index (χ1n) is 11.7. The smallest absolute Gasteiger partial charge is 0.261 e. The normalized spacial score (nSPS) is 18.8. The lowest BCUT2D eigenvalue weighted by atomic mass is 9.94. The van der Waals surface area contributed by atoms with Crippen LogP contribution in [0.15, 0.2) is 47.4 Å².